The van der Waals surface area contributed by atoms with Crippen LogP contribution in [0.5, 0.6) is 0 Å². The fourth-order valence-electron chi connectivity index (χ4n) is 1.66. The molecule has 0 heterocycles. The van der Waals surface area contributed by atoms with Gasteiger partial charge in [0.25, 0.3) is 5.91 Å². The maximum absolute atomic E-state index is 12.0. The smallest absolute Gasteiger partial charge is 0.423 e. The summed E-state index contributed by atoms with van der Waals surface area (Å²) in [6.07, 6.45) is 0. The number of rotatable bonds is 3. The lowest BCUT2D eigenvalue weighted by atomic mass is 9.79. The van der Waals surface area contributed by atoms with E-state index in [1.165, 1.54) is 12.1 Å². The number of hydrogen-bond donors (Lipinski definition) is 4. The fourth-order valence-corrected chi connectivity index (χ4v) is 1.66. The monoisotopic (exact) mass is 256 g/mol. The van der Waals surface area contributed by atoms with E-state index in [1.54, 1.807) is 36.4 Å². The zero-order valence-corrected chi connectivity index (χ0v) is 10.1. The first kappa shape index (κ1) is 13.1. The van der Waals surface area contributed by atoms with Crippen molar-refractivity contribution in [1.29, 1.82) is 0 Å². The van der Waals surface area contributed by atoms with E-state index in [0.717, 1.165) is 0 Å². The van der Waals surface area contributed by atoms with Crippen molar-refractivity contribution in [2.45, 2.75) is 0 Å². The maximum atomic E-state index is 12.0. The molecule has 0 radical (unpaired) electrons. The van der Waals surface area contributed by atoms with Crippen LogP contribution in [0.4, 0.5) is 11.4 Å². The lowest BCUT2D eigenvalue weighted by Gasteiger charge is -2.07. The van der Waals surface area contributed by atoms with Crippen LogP contribution in [-0.2, 0) is 0 Å². The number of carbonyl (C=O) groups is 1. The lowest BCUT2D eigenvalue weighted by Crippen LogP contribution is -2.30. The van der Waals surface area contributed by atoms with Gasteiger partial charge in [-0.1, -0.05) is 18.2 Å². The summed E-state index contributed by atoms with van der Waals surface area (Å²) in [4.78, 5) is 12.0. The summed E-state index contributed by atoms with van der Waals surface area (Å²) in [6, 6.07) is 12.9. The van der Waals surface area contributed by atoms with Crippen LogP contribution in [0, 0.1) is 0 Å². The third kappa shape index (κ3) is 3.34. The Balaban J connectivity index is 2.18. The highest BCUT2D eigenvalue weighted by atomic mass is 16.4. The van der Waals surface area contributed by atoms with Gasteiger partial charge in [0.15, 0.2) is 0 Å². The standard InChI is InChI=1S/C13H13BN2O3/c15-11-5-2-6-12(8-11)16-13(17)9-3-1-4-10(7-9)14(18)19/h1-8,18-19H,15H2,(H,16,17). The molecule has 2 rings (SSSR count). The molecule has 6 heteroatoms. The number of nitrogens with one attached hydrogen (secondary N) is 1. The SMILES string of the molecule is Nc1cccc(NC(=O)c2cccc(B(O)O)c2)c1. The number of anilines is 2. The summed E-state index contributed by atoms with van der Waals surface area (Å²) in [5.41, 5.74) is 7.36. The molecule has 96 valence electrons. The van der Waals surface area contributed by atoms with Crippen LogP contribution in [-0.4, -0.2) is 23.1 Å². The van der Waals surface area contributed by atoms with Crippen molar-refractivity contribution < 1.29 is 14.8 Å². The van der Waals surface area contributed by atoms with E-state index in [1.807, 2.05) is 0 Å². The number of hydrogen-bond acceptors (Lipinski definition) is 4. The molecule has 2 aromatic carbocycles. The van der Waals surface area contributed by atoms with Gasteiger partial charge in [-0.25, -0.2) is 0 Å². The average molecular weight is 256 g/mol. The van der Waals surface area contributed by atoms with Crippen LogP contribution in [0.15, 0.2) is 48.5 Å². The second-order valence-corrected chi connectivity index (χ2v) is 4.08. The Kier molecular flexibility index (Phi) is 3.84. The molecule has 1 amide bonds. The van der Waals surface area contributed by atoms with Gasteiger partial charge in [-0.05, 0) is 35.8 Å². The second-order valence-electron chi connectivity index (χ2n) is 4.08. The Hall–Kier alpha value is -2.31. The molecule has 5 N–H and O–H groups in total. The zero-order valence-electron chi connectivity index (χ0n) is 10.1. The van der Waals surface area contributed by atoms with Gasteiger partial charge < -0.3 is 21.1 Å². The van der Waals surface area contributed by atoms with Gasteiger partial charge in [-0.3, -0.25) is 4.79 Å². The van der Waals surface area contributed by atoms with Crippen LogP contribution >= 0.6 is 0 Å². The Bertz CT molecular complexity index is 602. The Morgan fingerprint density at radius 1 is 1.11 bits per heavy atom. The van der Waals surface area contributed by atoms with E-state index in [9.17, 15) is 4.79 Å². The normalized spacial score (nSPS) is 10.0. The summed E-state index contributed by atoms with van der Waals surface area (Å²) >= 11 is 0. The van der Waals surface area contributed by atoms with Crippen LogP contribution < -0.4 is 16.5 Å². The van der Waals surface area contributed by atoms with Crippen molar-refractivity contribution in [3.8, 4) is 0 Å². The summed E-state index contributed by atoms with van der Waals surface area (Å²) in [6.45, 7) is 0. The Morgan fingerprint density at radius 2 is 1.84 bits per heavy atom. The van der Waals surface area contributed by atoms with Gasteiger partial charge in [0.05, 0.1) is 0 Å². The summed E-state index contributed by atoms with van der Waals surface area (Å²) < 4.78 is 0. The predicted octanol–water partition coefficient (Wildman–Crippen LogP) is 0.201. The van der Waals surface area contributed by atoms with Gasteiger partial charge in [0.2, 0.25) is 0 Å². The molecule has 2 aromatic rings. The third-order valence-electron chi connectivity index (χ3n) is 2.59. The molecule has 0 fully saturated rings. The maximum Gasteiger partial charge on any atom is 0.488 e. The van der Waals surface area contributed by atoms with Crippen LogP contribution in [0.3, 0.4) is 0 Å². The molecule has 0 unspecified atom stereocenters. The van der Waals surface area contributed by atoms with Crippen molar-refractivity contribution in [1.82, 2.24) is 0 Å². The minimum absolute atomic E-state index is 0.264. The number of nitrogens with two attached hydrogens (primary N) is 1. The first-order valence-corrected chi connectivity index (χ1v) is 5.69. The number of nitrogen functional groups attached to an aromatic ring is 1. The molecule has 0 aromatic heterocycles. The first-order chi connectivity index (χ1) is 9.06. The fraction of sp³-hybridized carbons (Fsp3) is 0. The molecule has 0 saturated heterocycles. The molecule has 0 aliphatic rings. The quantitative estimate of drug-likeness (QED) is 0.466. The molecule has 0 atom stereocenters. The molecule has 0 aliphatic carbocycles. The molecular weight excluding hydrogens is 243 g/mol. The van der Waals surface area contributed by atoms with E-state index in [2.05, 4.69) is 5.32 Å². The van der Waals surface area contributed by atoms with Gasteiger partial charge in [-0.15, -0.1) is 0 Å². The highest BCUT2D eigenvalue weighted by molar-refractivity contribution is 6.58. The van der Waals surface area contributed by atoms with Crippen molar-refractivity contribution in [2.24, 2.45) is 0 Å². The molecule has 0 aliphatic heterocycles. The van der Waals surface area contributed by atoms with E-state index in [-0.39, 0.29) is 11.4 Å². The molecule has 5 nitrogen and oxygen atoms in total. The Labute approximate surface area is 110 Å². The van der Waals surface area contributed by atoms with Crippen LogP contribution in [0.25, 0.3) is 0 Å². The predicted molar refractivity (Wildman–Crippen MR) is 75.1 cm³/mol. The number of benzene rings is 2. The minimum Gasteiger partial charge on any atom is -0.423 e. The van der Waals surface area contributed by atoms with Gasteiger partial charge in [0.1, 0.15) is 0 Å². The minimum atomic E-state index is -1.60. The number of carbonyl (C=O) groups excluding carboxylic acids is 1. The van der Waals surface area contributed by atoms with Crippen molar-refractivity contribution in [3.63, 3.8) is 0 Å². The van der Waals surface area contributed by atoms with Crippen molar-refractivity contribution in [2.75, 3.05) is 11.1 Å². The summed E-state index contributed by atoms with van der Waals surface area (Å²) in [7, 11) is -1.60. The van der Waals surface area contributed by atoms with Crippen LogP contribution in [0.2, 0.25) is 0 Å². The number of amides is 1. The molecule has 0 bridgehead atoms. The topological polar surface area (TPSA) is 95.6 Å². The molecule has 0 spiro atoms. The van der Waals surface area contributed by atoms with Gasteiger partial charge in [-0.2, -0.15) is 0 Å². The average Bonchev–Trinajstić information content (AvgIpc) is 2.39. The highest BCUT2D eigenvalue weighted by Gasteiger charge is 2.13. The highest BCUT2D eigenvalue weighted by Crippen LogP contribution is 2.13. The Morgan fingerprint density at radius 3 is 2.53 bits per heavy atom. The first-order valence-electron chi connectivity index (χ1n) is 5.69. The van der Waals surface area contributed by atoms with Gasteiger partial charge in [0, 0.05) is 16.9 Å². The van der Waals surface area contributed by atoms with Crippen LogP contribution in [0.1, 0.15) is 10.4 Å². The van der Waals surface area contributed by atoms with E-state index < -0.39 is 7.12 Å². The van der Waals surface area contributed by atoms with E-state index in [4.69, 9.17) is 15.8 Å². The second kappa shape index (κ2) is 5.56. The molecular formula is C13H13BN2O3. The summed E-state index contributed by atoms with van der Waals surface area (Å²) in [5, 5.41) is 20.8. The van der Waals surface area contributed by atoms with Crippen molar-refractivity contribution >= 4 is 29.9 Å². The molecule has 0 saturated carbocycles. The van der Waals surface area contributed by atoms with E-state index >= 15 is 0 Å². The van der Waals surface area contributed by atoms with Crippen molar-refractivity contribution in [3.05, 3.63) is 54.1 Å². The van der Waals surface area contributed by atoms with E-state index in [0.29, 0.717) is 16.9 Å². The lowest BCUT2D eigenvalue weighted by molar-refractivity contribution is 0.102. The molecule has 19 heavy (non-hydrogen) atoms. The third-order valence-corrected chi connectivity index (χ3v) is 2.59. The largest absolute Gasteiger partial charge is 0.488 e. The summed E-state index contributed by atoms with van der Waals surface area (Å²) in [5.74, 6) is -0.340. The van der Waals surface area contributed by atoms with Gasteiger partial charge >= 0.3 is 7.12 Å². The zero-order chi connectivity index (χ0) is 13.8.